The zero-order valence-electron chi connectivity index (χ0n) is 5.97. The lowest BCUT2D eigenvalue weighted by molar-refractivity contribution is 0.648. The summed E-state index contributed by atoms with van der Waals surface area (Å²) in [6, 6.07) is 7.46. The van der Waals surface area contributed by atoms with Gasteiger partial charge in [0.05, 0.1) is 9.13 Å². The Morgan fingerprint density at radius 1 is 1.55 bits per heavy atom. The van der Waals surface area contributed by atoms with E-state index < -0.39 is 21.2 Å². The molecule has 0 saturated heterocycles. The van der Waals surface area contributed by atoms with Crippen LogP contribution in [0, 0.1) is 21.8 Å². The number of hydrogen-bond donors (Lipinski definition) is 0. The molecular weight excluding hydrogens is 253 g/mol. The molecule has 0 heterocycles. The van der Waals surface area contributed by atoms with E-state index in [1.165, 1.54) is 0 Å². The zero-order chi connectivity index (χ0) is 8.27. The molecule has 11 heavy (non-hydrogen) atoms. The second kappa shape index (κ2) is 3.58. The number of halogens is 1. The molecule has 0 aromatic heterocycles. The molecule has 2 nitrogen and oxygen atoms in total. The predicted octanol–water partition coefficient (Wildman–Crippen LogP) is 2.35. The Bertz CT molecular complexity index is 327. The van der Waals surface area contributed by atoms with Crippen LogP contribution in [-0.2, 0) is 3.07 Å². The molecule has 0 saturated carbocycles. The van der Waals surface area contributed by atoms with E-state index in [2.05, 4.69) is 0 Å². The lowest BCUT2D eigenvalue weighted by atomic mass is 10.1. The Hall–Kier alpha value is -0.760. The summed E-state index contributed by atoms with van der Waals surface area (Å²) in [7, 11) is 0. The number of nitriles is 1. The Morgan fingerprint density at radius 2 is 2.27 bits per heavy atom. The second-order valence-electron chi connectivity index (χ2n) is 2.12. The van der Waals surface area contributed by atoms with Gasteiger partial charge in [-0.1, -0.05) is 12.1 Å². The third kappa shape index (κ3) is 1.63. The molecule has 0 fully saturated rings. The predicted molar refractivity (Wildman–Crippen MR) is 49.3 cm³/mol. The number of benzene rings is 1. The molecule has 56 valence electrons. The average Bonchev–Trinajstić information content (AvgIpc) is 2.04. The molecule has 0 aliphatic rings. The van der Waals surface area contributed by atoms with Crippen molar-refractivity contribution in [2.75, 3.05) is 0 Å². The van der Waals surface area contributed by atoms with Gasteiger partial charge in [-0.2, -0.15) is 5.26 Å². The van der Waals surface area contributed by atoms with Gasteiger partial charge in [0.15, 0.2) is 21.2 Å². The van der Waals surface area contributed by atoms with Crippen molar-refractivity contribution in [3.63, 3.8) is 0 Å². The molecule has 1 aromatic rings. The van der Waals surface area contributed by atoms with Crippen LogP contribution in [0.25, 0.3) is 0 Å². The Labute approximate surface area is 75.5 Å². The van der Waals surface area contributed by atoms with Gasteiger partial charge in [0, 0.05) is 0 Å². The van der Waals surface area contributed by atoms with Gasteiger partial charge in [0.1, 0.15) is 6.07 Å². The summed E-state index contributed by atoms with van der Waals surface area (Å²) in [4.78, 5) is 0. The fourth-order valence-corrected chi connectivity index (χ4v) is 1.96. The first-order chi connectivity index (χ1) is 5.29. The van der Waals surface area contributed by atoms with Crippen molar-refractivity contribution >= 4 is 21.2 Å². The molecule has 0 aliphatic carbocycles. The minimum absolute atomic E-state index is 0.579. The average molecular weight is 259 g/mol. The summed E-state index contributed by atoms with van der Waals surface area (Å²) in [5, 5.41) is 8.66. The van der Waals surface area contributed by atoms with Crippen LogP contribution in [0.15, 0.2) is 18.2 Å². The minimum Gasteiger partial charge on any atom is -0.265 e. The van der Waals surface area contributed by atoms with Gasteiger partial charge in [-0.15, -0.1) is 0 Å². The van der Waals surface area contributed by atoms with E-state index in [4.69, 9.17) is 5.26 Å². The first-order valence-electron chi connectivity index (χ1n) is 3.06. The van der Waals surface area contributed by atoms with Crippen LogP contribution in [0.4, 0.5) is 0 Å². The Kier molecular flexibility index (Phi) is 2.71. The van der Waals surface area contributed by atoms with Crippen LogP contribution < -0.4 is 0 Å². The maximum absolute atomic E-state index is 10.6. The van der Waals surface area contributed by atoms with E-state index in [0.717, 1.165) is 5.56 Å². The highest BCUT2D eigenvalue weighted by atomic mass is 127. The Morgan fingerprint density at radius 3 is 2.73 bits per heavy atom. The topological polar surface area (TPSA) is 40.9 Å². The molecule has 0 bridgehead atoms. The largest absolute Gasteiger partial charge is 0.265 e. The van der Waals surface area contributed by atoms with E-state index in [9.17, 15) is 3.07 Å². The van der Waals surface area contributed by atoms with E-state index in [0.29, 0.717) is 9.13 Å². The molecule has 0 atom stereocenters. The summed E-state index contributed by atoms with van der Waals surface area (Å²) in [6.45, 7) is 1.85. The molecule has 0 unspecified atom stereocenters. The summed E-state index contributed by atoms with van der Waals surface area (Å²) in [5.74, 6) is 0. The third-order valence-electron chi connectivity index (χ3n) is 1.42. The molecule has 0 aliphatic heterocycles. The van der Waals surface area contributed by atoms with Crippen molar-refractivity contribution < 1.29 is 3.07 Å². The van der Waals surface area contributed by atoms with Gasteiger partial charge in [0.2, 0.25) is 0 Å². The molecule has 0 amide bonds. The molecule has 0 radical (unpaired) electrons. The van der Waals surface area contributed by atoms with E-state index in [1.54, 1.807) is 6.07 Å². The van der Waals surface area contributed by atoms with Crippen molar-refractivity contribution in [2.45, 2.75) is 6.92 Å². The van der Waals surface area contributed by atoms with Crippen LogP contribution in [0.2, 0.25) is 0 Å². The SMILES string of the molecule is Cc1cccc(I=O)c1C#N. The van der Waals surface area contributed by atoms with Gasteiger partial charge in [0.25, 0.3) is 0 Å². The summed E-state index contributed by atoms with van der Waals surface area (Å²) >= 11 is -1.21. The molecule has 1 aromatic carbocycles. The molecule has 0 spiro atoms. The normalized spacial score (nSPS) is 9.09. The first-order valence-corrected chi connectivity index (χ1v) is 5.02. The van der Waals surface area contributed by atoms with Gasteiger partial charge < -0.3 is 0 Å². The lowest BCUT2D eigenvalue weighted by Crippen LogP contribution is -1.85. The molecule has 1 rings (SSSR count). The fraction of sp³-hybridized carbons (Fsp3) is 0.125. The number of aryl methyl sites for hydroxylation is 1. The van der Waals surface area contributed by atoms with Gasteiger partial charge >= 0.3 is 0 Å². The number of rotatable bonds is 1. The van der Waals surface area contributed by atoms with Crippen LogP contribution >= 0.6 is 21.2 Å². The molecule has 3 heteroatoms. The van der Waals surface area contributed by atoms with Crippen molar-refractivity contribution in [2.24, 2.45) is 0 Å². The maximum Gasteiger partial charge on any atom is 0.183 e. The fourth-order valence-electron chi connectivity index (χ4n) is 0.838. The van der Waals surface area contributed by atoms with Crippen molar-refractivity contribution in [3.05, 3.63) is 32.9 Å². The van der Waals surface area contributed by atoms with Crippen molar-refractivity contribution in [1.29, 1.82) is 5.26 Å². The number of nitrogens with zero attached hydrogens (tertiary/aromatic N) is 1. The lowest BCUT2D eigenvalue weighted by Gasteiger charge is -1.96. The van der Waals surface area contributed by atoms with Crippen LogP contribution in [-0.4, -0.2) is 0 Å². The summed E-state index contributed by atoms with van der Waals surface area (Å²) in [6.07, 6.45) is 0. The summed E-state index contributed by atoms with van der Waals surface area (Å²) in [5.41, 5.74) is 1.48. The van der Waals surface area contributed by atoms with Crippen LogP contribution in [0.1, 0.15) is 11.1 Å². The monoisotopic (exact) mass is 259 g/mol. The molecule has 0 N–H and O–H groups in total. The Balaban J connectivity index is 3.38. The quantitative estimate of drug-likeness (QED) is 0.726. The van der Waals surface area contributed by atoms with Crippen LogP contribution in [0.3, 0.4) is 0 Å². The van der Waals surface area contributed by atoms with Gasteiger partial charge in [-0.05, 0) is 18.6 Å². The van der Waals surface area contributed by atoms with Crippen molar-refractivity contribution in [3.8, 4) is 6.07 Å². The second-order valence-corrected chi connectivity index (χ2v) is 3.72. The van der Waals surface area contributed by atoms with Gasteiger partial charge in [-0.25, -0.2) is 0 Å². The third-order valence-corrected chi connectivity index (χ3v) is 2.79. The zero-order valence-corrected chi connectivity index (χ0v) is 8.12. The standard InChI is InChI=1S/C8H6INO/c1-6-3-2-4-8(9-11)7(6)5-10/h2-4H,1H3. The van der Waals surface area contributed by atoms with Crippen molar-refractivity contribution in [1.82, 2.24) is 0 Å². The highest BCUT2D eigenvalue weighted by molar-refractivity contribution is 14.1. The highest BCUT2D eigenvalue weighted by Gasteiger charge is 2.02. The van der Waals surface area contributed by atoms with Gasteiger partial charge in [-0.3, -0.25) is 3.07 Å². The van der Waals surface area contributed by atoms with Crippen LogP contribution in [0.5, 0.6) is 0 Å². The summed E-state index contributed by atoms with van der Waals surface area (Å²) < 4.78 is 11.3. The first kappa shape index (κ1) is 8.34. The maximum atomic E-state index is 10.6. The van der Waals surface area contributed by atoms with E-state index in [1.807, 2.05) is 25.1 Å². The van der Waals surface area contributed by atoms with E-state index in [-0.39, 0.29) is 0 Å². The van der Waals surface area contributed by atoms with E-state index >= 15 is 0 Å². The minimum atomic E-state index is -1.21. The molecular formula is C8H6INO. The highest BCUT2D eigenvalue weighted by Crippen LogP contribution is 2.17. The smallest absolute Gasteiger partial charge is 0.183 e. The number of hydrogen-bond acceptors (Lipinski definition) is 2.